The Morgan fingerprint density at radius 2 is 1.60 bits per heavy atom. The third kappa shape index (κ3) is 8.84. The number of hydrogen-bond acceptors (Lipinski definition) is 7. The lowest BCUT2D eigenvalue weighted by Gasteiger charge is -2.38. The molecule has 9 nitrogen and oxygen atoms in total. The van der Waals surface area contributed by atoms with Gasteiger partial charge in [0.05, 0.1) is 25.4 Å². The van der Waals surface area contributed by atoms with E-state index >= 15 is 0 Å². The van der Waals surface area contributed by atoms with Gasteiger partial charge >= 0.3 is 5.97 Å². The lowest BCUT2D eigenvalue weighted by Crippen LogP contribution is -2.42. The number of amides is 1. The number of aliphatic carboxylic acids is 1. The van der Waals surface area contributed by atoms with E-state index in [1.165, 1.54) is 0 Å². The molecule has 2 aromatic carbocycles. The number of carboxylic acids is 1. The summed E-state index contributed by atoms with van der Waals surface area (Å²) in [6.07, 6.45) is 5.49. The zero-order chi connectivity index (χ0) is 28.3. The second kappa shape index (κ2) is 15.3. The van der Waals surface area contributed by atoms with Gasteiger partial charge in [-0.1, -0.05) is 49.2 Å². The fourth-order valence-corrected chi connectivity index (χ4v) is 5.50. The second-order valence-electron chi connectivity index (χ2n) is 10.8. The van der Waals surface area contributed by atoms with Gasteiger partial charge < -0.3 is 30.1 Å². The Balaban J connectivity index is 1.36. The maximum Gasteiger partial charge on any atom is 0.303 e. The van der Waals surface area contributed by atoms with Crippen LogP contribution in [0, 0.1) is 0 Å². The first-order chi connectivity index (χ1) is 19.4. The number of carbonyl (C=O) groups is 2. The van der Waals surface area contributed by atoms with Gasteiger partial charge in [-0.3, -0.25) is 14.5 Å². The molecule has 1 amide bonds. The first-order valence-corrected chi connectivity index (χ1v) is 14.4. The Morgan fingerprint density at radius 3 is 2.27 bits per heavy atom. The number of carbonyl (C=O) groups excluding carboxylic acids is 1. The van der Waals surface area contributed by atoms with Gasteiger partial charge in [0, 0.05) is 43.1 Å². The van der Waals surface area contributed by atoms with Crippen LogP contribution in [-0.4, -0.2) is 63.9 Å². The monoisotopic (exact) mass is 554 g/mol. The van der Waals surface area contributed by atoms with Crippen molar-refractivity contribution in [1.82, 2.24) is 4.90 Å². The van der Waals surface area contributed by atoms with E-state index in [4.69, 9.17) is 14.6 Å². The van der Waals surface area contributed by atoms with Crippen molar-refractivity contribution in [2.75, 3.05) is 25.0 Å². The van der Waals surface area contributed by atoms with E-state index in [0.717, 1.165) is 61.9 Å². The quantitative estimate of drug-likeness (QED) is 0.251. The smallest absolute Gasteiger partial charge is 0.303 e. The van der Waals surface area contributed by atoms with Crippen molar-refractivity contribution < 1.29 is 34.4 Å². The molecule has 4 rings (SSSR count). The Bertz CT molecular complexity index is 1080. The van der Waals surface area contributed by atoms with Crippen LogP contribution in [0.25, 0.3) is 0 Å². The topological polar surface area (TPSA) is 129 Å². The third-order valence-electron chi connectivity index (χ3n) is 7.77. The summed E-state index contributed by atoms with van der Waals surface area (Å²) in [6.45, 7) is 1.81. The Morgan fingerprint density at radius 1 is 0.900 bits per heavy atom. The van der Waals surface area contributed by atoms with Crippen LogP contribution < -0.4 is 5.32 Å². The third-order valence-corrected chi connectivity index (χ3v) is 7.77. The van der Waals surface area contributed by atoms with E-state index in [0.29, 0.717) is 24.9 Å². The van der Waals surface area contributed by atoms with E-state index in [1.807, 2.05) is 48.5 Å². The summed E-state index contributed by atoms with van der Waals surface area (Å²) >= 11 is 0. The fraction of sp³-hybridized carbons (Fsp3) is 0.548. The van der Waals surface area contributed by atoms with E-state index in [1.54, 1.807) is 0 Å². The summed E-state index contributed by atoms with van der Waals surface area (Å²) in [6, 6.07) is 15.5. The molecule has 0 radical (unpaired) electrons. The minimum absolute atomic E-state index is 0.00659. The highest BCUT2D eigenvalue weighted by atomic mass is 16.7. The molecule has 2 heterocycles. The van der Waals surface area contributed by atoms with Crippen LogP contribution in [0.1, 0.15) is 86.9 Å². The molecule has 4 atom stereocenters. The number of anilines is 1. The van der Waals surface area contributed by atoms with Crippen LogP contribution in [0.2, 0.25) is 0 Å². The minimum Gasteiger partial charge on any atom is -0.481 e. The summed E-state index contributed by atoms with van der Waals surface area (Å²) in [5.41, 5.74) is 3.44. The van der Waals surface area contributed by atoms with Crippen LogP contribution in [0.15, 0.2) is 48.5 Å². The molecular formula is C31H42N2O7. The van der Waals surface area contributed by atoms with Gasteiger partial charge in [-0.05, 0) is 55.5 Å². The number of aliphatic hydroxyl groups is 2. The van der Waals surface area contributed by atoms with Crippen LogP contribution in [0.4, 0.5) is 5.69 Å². The number of benzene rings is 2. The van der Waals surface area contributed by atoms with E-state index in [2.05, 4.69) is 10.2 Å². The van der Waals surface area contributed by atoms with E-state index in [9.17, 15) is 19.8 Å². The van der Waals surface area contributed by atoms with Gasteiger partial charge in [0.1, 0.15) is 0 Å². The average molecular weight is 555 g/mol. The maximum absolute atomic E-state index is 12.4. The Kier molecular flexibility index (Phi) is 11.5. The van der Waals surface area contributed by atoms with Crippen LogP contribution in [-0.2, 0) is 25.7 Å². The van der Waals surface area contributed by atoms with Crippen molar-refractivity contribution in [3.8, 4) is 0 Å². The van der Waals surface area contributed by atoms with Crippen LogP contribution >= 0.6 is 0 Å². The zero-order valence-corrected chi connectivity index (χ0v) is 23.0. The molecule has 0 saturated carbocycles. The first kappa shape index (κ1) is 30.1. The van der Waals surface area contributed by atoms with E-state index < -0.39 is 12.3 Å². The lowest BCUT2D eigenvalue weighted by atomic mass is 9.99. The number of rotatable bonds is 14. The normalized spacial score (nSPS) is 23.2. The SMILES string of the molecule is O=C(O)CCCCCCC(=O)Nc1ccc([C@@H]2O[C@H](CN3CCC[C@H]3CO)C[C@H](c3ccc(CO)cc3)O2)cc1. The molecule has 218 valence electrons. The fourth-order valence-electron chi connectivity index (χ4n) is 5.50. The molecule has 0 aromatic heterocycles. The Hall–Kier alpha value is -2.82. The molecule has 2 fully saturated rings. The zero-order valence-electron chi connectivity index (χ0n) is 23.0. The molecule has 0 aliphatic carbocycles. The highest BCUT2D eigenvalue weighted by Crippen LogP contribution is 2.39. The predicted molar refractivity (Wildman–Crippen MR) is 151 cm³/mol. The van der Waals surface area contributed by atoms with Gasteiger partial charge in [0.2, 0.25) is 5.91 Å². The van der Waals surface area contributed by atoms with Crippen molar-refractivity contribution in [1.29, 1.82) is 0 Å². The molecular weight excluding hydrogens is 512 g/mol. The molecule has 0 bridgehead atoms. The summed E-state index contributed by atoms with van der Waals surface area (Å²) in [7, 11) is 0. The number of hydrogen-bond donors (Lipinski definition) is 4. The first-order valence-electron chi connectivity index (χ1n) is 14.4. The molecule has 2 aliphatic heterocycles. The average Bonchev–Trinajstić information content (AvgIpc) is 3.42. The van der Waals surface area contributed by atoms with Crippen molar-refractivity contribution in [3.63, 3.8) is 0 Å². The molecule has 4 N–H and O–H groups in total. The molecule has 2 saturated heterocycles. The summed E-state index contributed by atoms with van der Waals surface area (Å²) in [4.78, 5) is 25.2. The summed E-state index contributed by atoms with van der Waals surface area (Å²) in [5, 5.41) is 30.8. The highest BCUT2D eigenvalue weighted by molar-refractivity contribution is 5.90. The number of aliphatic hydroxyl groups excluding tert-OH is 2. The second-order valence-corrected chi connectivity index (χ2v) is 10.8. The molecule has 0 unspecified atom stereocenters. The van der Waals surface area contributed by atoms with Crippen LogP contribution in [0.5, 0.6) is 0 Å². The van der Waals surface area contributed by atoms with Gasteiger partial charge in [0.15, 0.2) is 6.29 Å². The van der Waals surface area contributed by atoms with Crippen LogP contribution in [0.3, 0.4) is 0 Å². The van der Waals surface area contributed by atoms with Gasteiger partial charge in [-0.2, -0.15) is 0 Å². The van der Waals surface area contributed by atoms with Gasteiger partial charge in [-0.15, -0.1) is 0 Å². The van der Waals surface area contributed by atoms with Gasteiger partial charge in [0.25, 0.3) is 0 Å². The van der Waals surface area contributed by atoms with Crippen molar-refractivity contribution in [2.24, 2.45) is 0 Å². The Labute approximate surface area is 236 Å². The lowest BCUT2D eigenvalue weighted by molar-refractivity contribution is -0.253. The number of nitrogens with one attached hydrogen (secondary N) is 1. The standard InChI is InChI=1S/C31H42N2O7/c34-20-22-9-11-23(12-10-22)28-18-27(19-33-17-5-6-26(33)21-35)39-31(40-28)24-13-15-25(16-14-24)32-29(36)7-3-1-2-4-8-30(37)38/h9-16,26-28,31,34-35H,1-8,17-21H2,(H,32,36)(H,37,38)/t26-,27-,28+,31+/m0/s1. The number of carboxylic acid groups (broad SMARTS) is 1. The molecule has 2 aliphatic rings. The number of ether oxygens (including phenoxy) is 2. The summed E-state index contributed by atoms with van der Waals surface area (Å²) in [5.74, 6) is -0.846. The van der Waals surface area contributed by atoms with Crippen molar-refractivity contribution in [3.05, 3.63) is 65.2 Å². The van der Waals surface area contributed by atoms with Crippen molar-refractivity contribution in [2.45, 2.75) is 88.9 Å². The molecule has 9 heteroatoms. The number of likely N-dealkylation sites (tertiary alicyclic amines) is 1. The predicted octanol–water partition coefficient (Wildman–Crippen LogP) is 4.54. The summed E-state index contributed by atoms with van der Waals surface area (Å²) < 4.78 is 12.9. The molecule has 2 aromatic rings. The van der Waals surface area contributed by atoms with E-state index in [-0.39, 0.29) is 43.8 Å². The number of nitrogens with zero attached hydrogens (tertiary/aromatic N) is 1. The molecule has 40 heavy (non-hydrogen) atoms. The van der Waals surface area contributed by atoms with Gasteiger partial charge in [-0.25, -0.2) is 0 Å². The van der Waals surface area contributed by atoms with Crippen molar-refractivity contribution >= 4 is 17.6 Å². The maximum atomic E-state index is 12.4. The highest BCUT2D eigenvalue weighted by Gasteiger charge is 2.35. The largest absolute Gasteiger partial charge is 0.481 e. The number of unbranched alkanes of at least 4 members (excludes halogenated alkanes) is 3. The minimum atomic E-state index is -0.783. The molecule has 0 spiro atoms.